The van der Waals surface area contributed by atoms with Crippen molar-refractivity contribution < 1.29 is 27.8 Å². The van der Waals surface area contributed by atoms with Crippen molar-refractivity contribution in [2.45, 2.75) is 55.4 Å². The highest BCUT2D eigenvalue weighted by molar-refractivity contribution is 7.89. The summed E-state index contributed by atoms with van der Waals surface area (Å²) in [6.45, 7) is 1.94. The Labute approximate surface area is 194 Å². The standard InChI is InChI=1S/C24H30N2O6S/c1-17-6-5-9-21(12-17)33(29,30)26-14-19(27)15-31-16-23-22(26)11-10-20(32-23)13-24(28)25-18-7-3-2-4-8-18/h2-9,12,19-20,22-23,27H,10-11,13-16H2,1H3,(H,25,28)/t19-,20+,22-,23+/m1/s1. The first-order valence-electron chi connectivity index (χ1n) is 11.2. The van der Waals surface area contributed by atoms with Crippen molar-refractivity contribution in [2.75, 3.05) is 25.1 Å². The highest BCUT2D eigenvalue weighted by Gasteiger charge is 2.43. The van der Waals surface area contributed by atoms with Gasteiger partial charge in [-0.3, -0.25) is 4.79 Å². The Hall–Kier alpha value is -2.30. The van der Waals surface area contributed by atoms with E-state index in [4.69, 9.17) is 9.47 Å². The maximum Gasteiger partial charge on any atom is 0.243 e. The minimum Gasteiger partial charge on any atom is -0.389 e. The number of nitrogens with zero attached hydrogens (tertiary/aromatic N) is 1. The van der Waals surface area contributed by atoms with Crippen LogP contribution in [0.3, 0.4) is 0 Å². The zero-order chi connectivity index (χ0) is 23.4. The monoisotopic (exact) mass is 474 g/mol. The zero-order valence-corrected chi connectivity index (χ0v) is 19.4. The molecular formula is C24H30N2O6S. The number of anilines is 1. The van der Waals surface area contributed by atoms with Crippen LogP contribution in [0.2, 0.25) is 0 Å². The molecule has 1 amide bonds. The van der Waals surface area contributed by atoms with Gasteiger partial charge in [0.05, 0.1) is 48.9 Å². The summed E-state index contributed by atoms with van der Waals surface area (Å²) in [7, 11) is -3.85. The highest BCUT2D eigenvalue weighted by Crippen LogP contribution is 2.31. The van der Waals surface area contributed by atoms with E-state index in [2.05, 4.69) is 5.32 Å². The molecule has 178 valence electrons. The SMILES string of the molecule is Cc1cccc(S(=O)(=O)N2C[C@@H](O)COC[C@@H]3O[C@H](CC(=O)Nc4ccccc4)CC[C@H]32)c1. The number of hydrogen-bond donors (Lipinski definition) is 2. The Morgan fingerprint density at radius 3 is 2.67 bits per heavy atom. The number of amides is 1. The van der Waals surface area contributed by atoms with Gasteiger partial charge in [0.2, 0.25) is 15.9 Å². The maximum absolute atomic E-state index is 13.5. The number of aliphatic hydroxyl groups is 1. The number of ether oxygens (including phenoxy) is 2. The molecule has 2 aliphatic rings. The average Bonchev–Trinajstić information content (AvgIpc) is 2.77. The fraction of sp³-hybridized carbons (Fsp3) is 0.458. The van der Waals surface area contributed by atoms with Gasteiger partial charge in [0.15, 0.2) is 0 Å². The molecule has 0 radical (unpaired) electrons. The van der Waals surface area contributed by atoms with Crippen LogP contribution in [-0.4, -0.2) is 67.8 Å². The van der Waals surface area contributed by atoms with E-state index in [-0.39, 0.29) is 43.1 Å². The molecule has 2 heterocycles. The number of benzene rings is 2. The van der Waals surface area contributed by atoms with Crippen LogP contribution in [0.25, 0.3) is 0 Å². The van der Waals surface area contributed by atoms with Gasteiger partial charge in [0, 0.05) is 12.2 Å². The predicted molar refractivity (Wildman–Crippen MR) is 123 cm³/mol. The second kappa shape index (κ2) is 10.3. The van der Waals surface area contributed by atoms with E-state index in [1.54, 1.807) is 18.2 Å². The second-order valence-corrected chi connectivity index (χ2v) is 10.5. The summed E-state index contributed by atoms with van der Waals surface area (Å²) in [5.41, 5.74) is 1.56. The molecule has 4 atom stereocenters. The normalized spacial score (nSPS) is 26.6. The first-order chi connectivity index (χ1) is 15.8. The Morgan fingerprint density at radius 1 is 1.12 bits per heavy atom. The van der Waals surface area contributed by atoms with Gasteiger partial charge in [-0.1, -0.05) is 30.3 Å². The third-order valence-corrected chi connectivity index (χ3v) is 7.89. The number of rotatable bonds is 5. The highest BCUT2D eigenvalue weighted by atomic mass is 32.2. The van der Waals surface area contributed by atoms with Gasteiger partial charge < -0.3 is 19.9 Å². The van der Waals surface area contributed by atoms with Gasteiger partial charge in [0.25, 0.3) is 0 Å². The summed E-state index contributed by atoms with van der Waals surface area (Å²) in [6.07, 6.45) is -0.591. The fourth-order valence-electron chi connectivity index (χ4n) is 4.42. The number of hydrogen-bond acceptors (Lipinski definition) is 6. The lowest BCUT2D eigenvalue weighted by Crippen LogP contribution is -2.57. The maximum atomic E-state index is 13.5. The molecule has 2 fully saturated rings. The first kappa shape index (κ1) is 23.8. The summed E-state index contributed by atoms with van der Waals surface area (Å²) in [5, 5.41) is 13.2. The fourth-order valence-corrected chi connectivity index (χ4v) is 6.24. The van der Waals surface area contributed by atoms with Gasteiger partial charge in [0.1, 0.15) is 0 Å². The molecule has 0 spiro atoms. The number of carbonyl (C=O) groups is 1. The number of para-hydroxylation sites is 1. The van der Waals surface area contributed by atoms with Gasteiger partial charge in [-0.25, -0.2) is 8.42 Å². The number of aryl methyl sites for hydroxylation is 1. The average molecular weight is 475 g/mol. The minimum atomic E-state index is -3.85. The largest absolute Gasteiger partial charge is 0.389 e. The molecule has 2 aliphatic heterocycles. The Kier molecular flexibility index (Phi) is 7.45. The van der Waals surface area contributed by atoms with Crippen LogP contribution in [0.4, 0.5) is 5.69 Å². The zero-order valence-electron chi connectivity index (χ0n) is 18.6. The molecule has 2 aromatic rings. The topological polar surface area (TPSA) is 105 Å². The van der Waals surface area contributed by atoms with E-state index in [1.165, 1.54) is 4.31 Å². The lowest BCUT2D eigenvalue weighted by Gasteiger charge is -2.43. The van der Waals surface area contributed by atoms with Crippen LogP contribution < -0.4 is 5.32 Å². The van der Waals surface area contributed by atoms with Gasteiger partial charge in [-0.15, -0.1) is 0 Å². The van der Waals surface area contributed by atoms with Gasteiger partial charge in [-0.2, -0.15) is 4.31 Å². The van der Waals surface area contributed by atoms with Crippen LogP contribution in [0, 0.1) is 6.92 Å². The number of sulfonamides is 1. The predicted octanol–water partition coefficient (Wildman–Crippen LogP) is 2.32. The molecule has 0 bridgehead atoms. The van der Waals surface area contributed by atoms with E-state index >= 15 is 0 Å². The molecule has 2 aromatic carbocycles. The van der Waals surface area contributed by atoms with Crippen molar-refractivity contribution >= 4 is 21.6 Å². The van der Waals surface area contributed by atoms with Crippen LogP contribution in [0.15, 0.2) is 59.5 Å². The van der Waals surface area contributed by atoms with Crippen molar-refractivity contribution in [1.29, 1.82) is 0 Å². The molecule has 9 heteroatoms. The number of fused-ring (bicyclic) bond motifs is 1. The summed E-state index contributed by atoms with van der Waals surface area (Å²) in [6, 6.07) is 15.5. The molecule has 33 heavy (non-hydrogen) atoms. The number of aliphatic hydroxyl groups excluding tert-OH is 1. The van der Waals surface area contributed by atoms with Crippen molar-refractivity contribution in [2.24, 2.45) is 0 Å². The smallest absolute Gasteiger partial charge is 0.243 e. The lowest BCUT2D eigenvalue weighted by molar-refractivity contribution is -0.144. The van der Waals surface area contributed by atoms with E-state index in [0.717, 1.165) is 11.3 Å². The number of nitrogens with one attached hydrogen (secondary N) is 1. The Morgan fingerprint density at radius 2 is 1.91 bits per heavy atom. The lowest BCUT2D eigenvalue weighted by atomic mass is 9.96. The van der Waals surface area contributed by atoms with Crippen LogP contribution >= 0.6 is 0 Å². The van der Waals surface area contributed by atoms with Crippen LogP contribution in [-0.2, 0) is 24.3 Å². The quantitative estimate of drug-likeness (QED) is 0.689. The van der Waals surface area contributed by atoms with E-state index in [0.29, 0.717) is 12.8 Å². The number of carbonyl (C=O) groups excluding carboxylic acids is 1. The molecule has 4 rings (SSSR count). The second-order valence-electron chi connectivity index (χ2n) is 8.64. The third-order valence-electron chi connectivity index (χ3n) is 6.00. The van der Waals surface area contributed by atoms with Crippen molar-refractivity contribution in [3.05, 3.63) is 60.2 Å². The molecule has 0 saturated carbocycles. The van der Waals surface area contributed by atoms with Crippen molar-refractivity contribution in [3.63, 3.8) is 0 Å². The van der Waals surface area contributed by atoms with Crippen LogP contribution in [0.1, 0.15) is 24.8 Å². The van der Waals surface area contributed by atoms with Gasteiger partial charge in [-0.05, 0) is 49.6 Å². The van der Waals surface area contributed by atoms with E-state index in [9.17, 15) is 18.3 Å². The molecule has 0 aliphatic carbocycles. The van der Waals surface area contributed by atoms with E-state index in [1.807, 2.05) is 43.3 Å². The third kappa shape index (κ3) is 5.80. The Bertz CT molecular complexity index is 1060. The summed E-state index contributed by atoms with van der Waals surface area (Å²) in [5.74, 6) is -0.156. The number of β-amino-alcohol motifs (C(OH)–C–C–N with tert-alkyl or cyclic N) is 1. The van der Waals surface area contributed by atoms with Crippen LogP contribution in [0.5, 0.6) is 0 Å². The molecule has 2 saturated heterocycles. The molecule has 0 unspecified atom stereocenters. The Balaban J connectivity index is 1.49. The molecule has 2 N–H and O–H groups in total. The van der Waals surface area contributed by atoms with Crippen molar-refractivity contribution in [1.82, 2.24) is 4.31 Å². The summed E-state index contributed by atoms with van der Waals surface area (Å²) < 4.78 is 40.2. The molecular weight excluding hydrogens is 444 g/mol. The summed E-state index contributed by atoms with van der Waals surface area (Å²) >= 11 is 0. The minimum absolute atomic E-state index is 0.0194. The molecule has 8 nitrogen and oxygen atoms in total. The van der Waals surface area contributed by atoms with Crippen molar-refractivity contribution in [3.8, 4) is 0 Å². The summed E-state index contributed by atoms with van der Waals surface area (Å²) in [4.78, 5) is 12.7. The molecule has 0 aromatic heterocycles. The van der Waals surface area contributed by atoms with E-state index < -0.39 is 28.3 Å². The first-order valence-corrected chi connectivity index (χ1v) is 12.6. The van der Waals surface area contributed by atoms with Gasteiger partial charge >= 0.3 is 0 Å².